The first kappa shape index (κ1) is 18.4. The summed E-state index contributed by atoms with van der Waals surface area (Å²) in [5.41, 5.74) is 1.01. The van der Waals surface area contributed by atoms with Crippen molar-refractivity contribution < 1.29 is 4.74 Å². The number of ether oxygens (including phenoxy) is 1. The normalized spacial score (nSPS) is 10.8. The molecule has 1 aromatic heterocycles. The number of hydrogen-bond donors (Lipinski definition) is 2. The summed E-state index contributed by atoms with van der Waals surface area (Å²) in [4.78, 5) is 10.6. The second kappa shape index (κ2) is 10.2. The molecule has 0 aliphatic rings. The minimum absolute atomic E-state index is 0. The van der Waals surface area contributed by atoms with Gasteiger partial charge in [-0.25, -0.2) is 4.98 Å². The lowest BCUT2D eigenvalue weighted by Gasteiger charge is -2.10. The number of halogens is 1. The van der Waals surface area contributed by atoms with E-state index in [0.717, 1.165) is 23.3 Å². The summed E-state index contributed by atoms with van der Waals surface area (Å²) in [6.45, 7) is 2.05. The highest BCUT2D eigenvalue weighted by Crippen LogP contribution is 2.17. The highest BCUT2D eigenvalue weighted by atomic mass is 127. The molecule has 0 unspecified atom stereocenters. The van der Waals surface area contributed by atoms with E-state index in [9.17, 15) is 0 Å². The predicted molar refractivity (Wildman–Crippen MR) is 91.9 cm³/mol. The molecule has 0 aliphatic heterocycles. The summed E-state index contributed by atoms with van der Waals surface area (Å²) >= 11 is 1.63. The van der Waals surface area contributed by atoms with Gasteiger partial charge in [0, 0.05) is 40.2 Å². The van der Waals surface area contributed by atoms with Crippen molar-refractivity contribution >= 4 is 46.4 Å². The zero-order chi connectivity index (χ0) is 13.4. The van der Waals surface area contributed by atoms with Crippen LogP contribution in [0, 0.1) is 0 Å². The van der Waals surface area contributed by atoms with Crippen molar-refractivity contribution in [3.8, 4) is 0 Å². The van der Waals surface area contributed by atoms with Crippen molar-refractivity contribution in [2.75, 3.05) is 46.3 Å². The number of rotatable bonds is 6. The number of hydrogen-bond acceptors (Lipinski definition) is 5. The number of nitrogens with zero attached hydrogens (tertiary/aromatic N) is 3. The van der Waals surface area contributed by atoms with Crippen LogP contribution in [0.2, 0.25) is 0 Å². The molecule has 6 nitrogen and oxygen atoms in total. The molecule has 110 valence electrons. The van der Waals surface area contributed by atoms with Crippen LogP contribution >= 0.6 is 35.3 Å². The highest BCUT2D eigenvalue weighted by Gasteiger charge is 2.04. The summed E-state index contributed by atoms with van der Waals surface area (Å²) in [7, 11) is 7.40. The second-order valence-corrected chi connectivity index (χ2v) is 4.70. The van der Waals surface area contributed by atoms with Crippen molar-refractivity contribution in [1.29, 1.82) is 0 Å². The topological polar surface area (TPSA) is 61.8 Å². The smallest absolute Gasteiger partial charge is 0.191 e. The lowest BCUT2D eigenvalue weighted by atomic mass is 10.5. The van der Waals surface area contributed by atoms with Gasteiger partial charge in [0.25, 0.3) is 0 Å². The number of guanidine groups is 1. The summed E-state index contributed by atoms with van der Waals surface area (Å²) in [6.07, 6.45) is 0. The molecule has 2 N–H and O–H groups in total. The van der Waals surface area contributed by atoms with E-state index in [0.29, 0.717) is 13.2 Å². The van der Waals surface area contributed by atoms with E-state index >= 15 is 0 Å². The van der Waals surface area contributed by atoms with Gasteiger partial charge in [-0.3, -0.25) is 4.99 Å². The van der Waals surface area contributed by atoms with Gasteiger partial charge in [-0.15, -0.1) is 35.3 Å². The van der Waals surface area contributed by atoms with Crippen LogP contribution in [-0.4, -0.2) is 52.3 Å². The van der Waals surface area contributed by atoms with Crippen LogP contribution in [0.15, 0.2) is 10.4 Å². The minimum Gasteiger partial charge on any atom is -0.383 e. The summed E-state index contributed by atoms with van der Waals surface area (Å²) in [5.74, 6) is 0.756. The van der Waals surface area contributed by atoms with Crippen LogP contribution < -0.4 is 15.5 Å². The van der Waals surface area contributed by atoms with Gasteiger partial charge >= 0.3 is 0 Å². The lowest BCUT2D eigenvalue weighted by molar-refractivity contribution is 0.203. The summed E-state index contributed by atoms with van der Waals surface area (Å²) < 4.78 is 4.97. The monoisotopic (exact) mass is 399 g/mol. The van der Waals surface area contributed by atoms with Crippen molar-refractivity contribution in [3.63, 3.8) is 0 Å². The van der Waals surface area contributed by atoms with E-state index in [1.807, 2.05) is 24.4 Å². The molecule has 1 aromatic rings. The predicted octanol–water partition coefficient (Wildman–Crippen LogP) is 1.14. The number of nitrogens with one attached hydrogen (secondary N) is 2. The van der Waals surface area contributed by atoms with E-state index < -0.39 is 0 Å². The maximum atomic E-state index is 4.97. The molecule has 0 aliphatic carbocycles. The fourth-order valence-electron chi connectivity index (χ4n) is 1.25. The Balaban J connectivity index is 0.00000324. The van der Waals surface area contributed by atoms with Crippen molar-refractivity contribution in [2.45, 2.75) is 6.54 Å². The molecule has 0 amide bonds. The molecule has 0 saturated carbocycles. The molecule has 0 saturated heterocycles. The van der Waals surface area contributed by atoms with Gasteiger partial charge in [0.05, 0.1) is 18.8 Å². The molecule has 1 heterocycles. The van der Waals surface area contributed by atoms with Gasteiger partial charge in [-0.1, -0.05) is 0 Å². The molecule has 0 fully saturated rings. The van der Waals surface area contributed by atoms with E-state index in [2.05, 4.69) is 20.6 Å². The van der Waals surface area contributed by atoms with Gasteiger partial charge in [0.2, 0.25) is 0 Å². The van der Waals surface area contributed by atoms with E-state index in [1.54, 1.807) is 25.5 Å². The summed E-state index contributed by atoms with van der Waals surface area (Å²) in [5, 5.41) is 9.41. The number of anilines is 1. The molecule has 0 atom stereocenters. The Morgan fingerprint density at radius 3 is 2.74 bits per heavy atom. The van der Waals surface area contributed by atoms with Crippen LogP contribution in [-0.2, 0) is 11.3 Å². The van der Waals surface area contributed by atoms with E-state index in [4.69, 9.17) is 4.74 Å². The number of methoxy groups -OCH3 is 1. The van der Waals surface area contributed by atoms with Crippen LogP contribution in [0.1, 0.15) is 5.69 Å². The van der Waals surface area contributed by atoms with Crippen LogP contribution in [0.25, 0.3) is 0 Å². The molecule has 0 radical (unpaired) electrons. The Morgan fingerprint density at radius 1 is 1.47 bits per heavy atom. The van der Waals surface area contributed by atoms with E-state index in [1.165, 1.54) is 0 Å². The highest BCUT2D eigenvalue weighted by molar-refractivity contribution is 14.0. The standard InChI is InChI=1S/C11H21N5OS.HI/c1-12-10(13-5-6-17-4)14-7-9-8-18-11(15-9)16(2)3;/h8H,5-7H2,1-4H3,(H2,12,13,14);1H. The number of aliphatic imine (C=N–C) groups is 1. The zero-order valence-electron chi connectivity index (χ0n) is 11.8. The quantitative estimate of drug-likeness (QED) is 0.325. The average Bonchev–Trinajstić information content (AvgIpc) is 2.82. The average molecular weight is 399 g/mol. The first-order valence-electron chi connectivity index (χ1n) is 5.72. The van der Waals surface area contributed by atoms with Gasteiger partial charge < -0.3 is 20.3 Å². The third-order valence-electron chi connectivity index (χ3n) is 2.18. The SMILES string of the molecule is CN=C(NCCOC)NCc1csc(N(C)C)n1.I. The molecular formula is C11H22IN5OS. The van der Waals surface area contributed by atoms with Crippen LogP contribution in [0.3, 0.4) is 0 Å². The maximum Gasteiger partial charge on any atom is 0.191 e. The van der Waals surface area contributed by atoms with Crippen LogP contribution in [0.5, 0.6) is 0 Å². The van der Waals surface area contributed by atoms with Crippen LogP contribution in [0.4, 0.5) is 5.13 Å². The zero-order valence-corrected chi connectivity index (χ0v) is 14.9. The molecule has 19 heavy (non-hydrogen) atoms. The molecule has 0 bridgehead atoms. The van der Waals surface area contributed by atoms with Gasteiger partial charge in [-0.2, -0.15) is 0 Å². The minimum atomic E-state index is 0. The molecule has 0 spiro atoms. The summed E-state index contributed by atoms with van der Waals surface area (Å²) in [6, 6.07) is 0. The largest absolute Gasteiger partial charge is 0.383 e. The fraction of sp³-hybridized carbons (Fsp3) is 0.636. The second-order valence-electron chi connectivity index (χ2n) is 3.86. The Labute approximate surface area is 135 Å². The molecule has 1 rings (SSSR count). The molecule has 0 aromatic carbocycles. The molecule has 8 heteroatoms. The number of aromatic nitrogens is 1. The Bertz CT molecular complexity index is 383. The third kappa shape index (κ3) is 6.92. The first-order chi connectivity index (χ1) is 8.67. The first-order valence-corrected chi connectivity index (χ1v) is 6.60. The molecular weight excluding hydrogens is 377 g/mol. The fourth-order valence-corrected chi connectivity index (χ4v) is 2.01. The maximum absolute atomic E-state index is 4.97. The van der Waals surface area contributed by atoms with Crippen molar-refractivity contribution in [1.82, 2.24) is 15.6 Å². The Kier molecular flexibility index (Phi) is 9.88. The van der Waals surface area contributed by atoms with Gasteiger partial charge in [-0.05, 0) is 0 Å². The Hall–Kier alpha value is -0.610. The number of thiazole rings is 1. The Morgan fingerprint density at radius 2 is 2.21 bits per heavy atom. The van der Waals surface area contributed by atoms with Gasteiger partial charge in [0.1, 0.15) is 0 Å². The van der Waals surface area contributed by atoms with Gasteiger partial charge in [0.15, 0.2) is 11.1 Å². The van der Waals surface area contributed by atoms with Crippen molar-refractivity contribution in [3.05, 3.63) is 11.1 Å². The third-order valence-corrected chi connectivity index (χ3v) is 3.24. The van der Waals surface area contributed by atoms with Crippen molar-refractivity contribution in [2.24, 2.45) is 4.99 Å². The lowest BCUT2D eigenvalue weighted by Crippen LogP contribution is -2.38. The van der Waals surface area contributed by atoms with E-state index in [-0.39, 0.29) is 24.0 Å².